The smallest absolute Gasteiger partial charge is 0.335 e. The topological polar surface area (TPSA) is 66.4 Å². The summed E-state index contributed by atoms with van der Waals surface area (Å²) in [6.07, 6.45) is 0.104. The molecular formula is C15H21NO3. The van der Waals surface area contributed by atoms with Gasteiger partial charge in [0.15, 0.2) is 0 Å². The summed E-state index contributed by atoms with van der Waals surface area (Å²) in [6.45, 7) is 6.91. The van der Waals surface area contributed by atoms with E-state index >= 15 is 0 Å². The molecule has 19 heavy (non-hydrogen) atoms. The Bertz CT molecular complexity index is 454. The predicted octanol–water partition coefficient (Wildman–Crippen LogP) is 2.34. The minimum absolute atomic E-state index is 0.104. The van der Waals surface area contributed by atoms with Crippen molar-refractivity contribution in [2.75, 3.05) is 6.54 Å². The average Bonchev–Trinajstić information content (AvgIpc) is 2.36. The number of benzene rings is 1. The van der Waals surface area contributed by atoms with Gasteiger partial charge in [-0.1, -0.05) is 39.0 Å². The summed E-state index contributed by atoms with van der Waals surface area (Å²) in [4.78, 5) is 22.8. The summed E-state index contributed by atoms with van der Waals surface area (Å²) >= 11 is 0. The van der Waals surface area contributed by atoms with E-state index in [2.05, 4.69) is 26.1 Å². The molecule has 1 atom stereocenters. The highest BCUT2D eigenvalue weighted by Gasteiger charge is 2.13. The third kappa shape index (κ3) is 4.73. The maximum absolute atomic E-state index is 11.8. The molecule has 4 heteroatoms. The average molecular weight is 263 g/mol. The maximum Gasteiger partial charge on any atom is 0.335 e. The number of rotatable bonds is 6. The Balaban J connectivity index is 2.60. The molecule has 104 valence electrons. The fraction of sp³-hybridized carbons (Fsp3) is 0.467. The van der Waals surface area contributed by atoms with Crippen LogP contribution in [0.5, 0.6) is 0 Å². The van der Waals surface area contributed by atoms with Gasteiger partial charge >= 0.3 is 5.97 Å². The van der Waals surface area contributed by atoms with E-state index < -0.39 is 5.97 Å². The molecule has 0 saturated carbocycles. The largest absolute Gasteiger partial charge is 0.478 e. The van der Waals surface area contributed by atoms with Gasteiger partial charge in [0.2, 0.25) is 5.91 Å². The highest BCUT2D eigenvalue weighted by Crippen LogP contribution is 2.10. The third-order valence-corrected chi connectivity index (χ3v) is 3.36. The van der Waals surface area contributed by atoms with E-state index in [9.17, 15) is 9.59 Å². The van der Waals surface area contributed by atoms with E-state index in [1.165, 1.54) is 6.07 Å². The lowest BCUT2D eigenvalue weighted by molar-refractivity contribution is -0.120. The summed E-state index contributed by atoms with van der Waals surface area (Å²) in [5.74, 6) is -0.231. The zero-order valence-corrected chi connectivity index (χ0v) is 11.6. The SMILES string of the molecule is CC(C)C(C)CNC(=O)Cc1ccccc1C(=O)O. The molecule has 0 aliphatic heterocycles. The molecule has 1 amide bonds. The van der Waals surface area contributed by atoms with Crippen molar-refractivity contribution in [3.63, 3.8) is 0 Å². The first-order chi connectivity index (χ1) is 8.91. The molecule has 0 bridgehead atoms. The Morgan fingerprint density at radius 2 is 1.84 bits per heavy atom. The predicted molar refractivity (Wildman–Crippen MR) is 74.1 cm³/mol. The number of carboxylic acids is 1. The van der Waals surface area contributed by atoms with E-state index in [1.807, 2.05) is 0 Å². The van der Waals surface area contributed by atoms with E-state index in [1.54, 1.807) is 18.2 Å². The van der Waals surface area contributed by atoms with Crippen molar-refractivity contribution in [3.05, 3.63) is 35.4 Å². The lowest BCUT2D eigenvalue weighted by Gasteiger charge is -2.16. The Hall–Kier alpha value is -1.84. The van der Waals surface area contributed by atoms with Crippen molar-refractivity contribution in [2.45, 2.75) is 27.2 Å². The van der Waals surface area contributed by atoms with Crippen LogP contribution in [0.15, 0.2) is 24.3 Å². The van der Waals surface area contributed by atoms with E-state index in [4.69, 9.17) is 5.11 Å². The highest BCUT2D eigenvalue weighted by atomic mass is 16.4. The molecule has 1 unspecified atom stereocenters. The number of hydrogen-bond acceptors (Lipinski definition) is 2. The lowest BCUT2D eigenvalue weighted by atomic mass is 9.98. The van der Waals surface area contributed by atoms with Gasteiger partial charge in [-0.25, -0.2) is 4.79 Å². The van der Waals surface area contributed by atoms with Crippen LogP contribution in [-0.4, -0.2) is 23.5 Å². The maximum atomic E-state index is 11.8. The van der Waals surface area contributed by atoms with Gasteiger partial charge < -0.3 is 10.4 Å². The molecule has 0 aromatic heterocycles. The highest BCUT2D eigenvalue weighted by molar-refractivity contribution is 5.91. The van der Waals surface area contributed by atoms with E-state index in [0.717, 1.165) is 0 Å². The standard InChI is InChI=1S/C15H21NO3/c1-10(2)11(3)9-16-14(17)8-12-6-4-5-7-13(12)15(18)19/h4-7,10-11H,8-9H2,1-3H3,(H,16,17)(H,18,19). The minimum Gasteiger partial charge on any atom is -0.478 e. The molecule has 1 aromatic carbocycles. The van der Waals surface area contributed by atoms with Crippen molar-refractivity contribution >= 4 is 11.9 Å². The van der Waals surface area contributed by atoms with Gasteiger partial charge in [-0.05, 0) is 23.5 Å². The van der Waals surface area contributed by atoms with Gasteiger partial charge in [0.25, 0.3) is 0 Å². The molecule has 0 saturated heterocycles. The summed E-state index contributed by atoms with van der Waals surface area (Å²) < 4.78 is 0. The van der Waals surface area contributed by atoms with Gasteiger partial charge in [0.1, 0.15) is 0 Å². The monoisotopic (exact) mass is 263 g/mol. The Labute approximate surface area is 113 Å². The summed E-state index contributed by atoms with van der Waals surface area (Å²) in [6, 6.07) is 6.59. The van der Waals surface area contributed by atoms with Crippen LogP contribution in [-0.2, 0) is 11.2 Å². The third-order valence-electron chi connectivity index (χ3n) is 3.36. The lowest BCUT2D eigenvalue weighted by Crippen LogP contribution is -2.31. The van der Waals surface area contributed by atoms with Crippen LogP contribution in [0.2, 0.25) is 0 Å². The molecule has 0 aliphatic carbocycles. The first-order valence-corrected chi connectivity index (χ1v) is 6.49. The summed E-state index contributed by atoms with van der Waals surface area (Å²) in [5.41, 5.74) is 0.735. The quantitative estimate of drug-likeness (QED) is 0.827. The van der Waals surface area contributed by atoms with Crippen molar-refractivity contribution in [1.82, 2.24) is 5.32 Å². The van der Waals surface area contributed by atoms with Crippen molar-refractivity contribution in [2.24, 2.45) is 11.8 Å². The second-order valence-electron chi connectivity index (χ2n) is 5.16. The molecule has 1 rings (SSSR count). The van der Waals surface area contributed by atoms with E-state index in [-0.39, 0.29) is 17.9 Å². The Morgan fingerprint density at radius 3 is 2.42 bits per heavy atom. The number of carboxylic acid groups (broad SMARTS) is 1. The Kier molecular flexibility index (Phi) is 5.55. The number of aromatic carboxylic acids is 1. The summed E-state index contributed by atoms with van der Waals surface area (Å²) in [5, 5.41) is 11.9. The van der Waals surface area contributed by atoms with Crippen LogP contribution in [0.25, 0.3) is 0 Å². The molecule has 4 nitrogen and oxygen atoms in total. The molecule has 0 heterocycles. The summed E-state index contributed by atoms with van der Waals surface area (Å²) in [7, 11) is 0. The second-order valence-corrected chi connectivity index (χ2v) is 5.16. The van der Waals surface area contributed by atoms with Crippen LogP contribution >= 0.6 is 0 Å². The number of carbonyl (C=O) groups excluding carboxylic acids is 1. The Morgan fingerprint density at radius 1 is 1.21 bits per heavy atom. The molecule has 0 fully saturated rings. The fourth-order valence-electron chi connectivity index (χ4n) is 1.63. The normalized spacial score (nSPS) is 12.2. The van der Waals surface area contributed by atoms with Crippen LogP contribution in [0.1, 0.15) is 36.7 Å². The zero-order chi connectivity index (χ0) is 14.4. The van der Waals surface area contributed by atoms with Gasteiger partial charge in [0.05, 0.1) is 12.0 Å². The van der Waals surface area contributed by atoms with Gasteiger partial charge in [-0.3, -0.25) is 4.79 Å². The molecule has 2 N–H and O–H groups in total. The molecule has 0 radical (unpaired) electrons. The number of carbonyl (C=O) groups is 2. The van der Waals surface area contributed by atoms with Gasteiger partial charge in [-0.15, -0.1) is 0 Å². The number of amides is 1. The van der Waals surface area contributed by atoms with Crippen LogP contribution in [0.4, 0.5) is 0 Å². The molecule has 0 aliphatic rings. The van der Waals surface area contributed by atoms with Crippen LogP contribution < -0.4 is 5.32 Å². The minimum atomic E-state index is -1.00. The van der Waals surface area contributed by atoms with Gasteiger partial charge in [0, 0.05) is 6.54 Å². The first-order valence-electron chi connectivity index (χ1n) is 6.49. The van der Waals surface area contributed by atoms with E-state index in [0.29, 0.717) is 23.9 Å². The fourth-order valence-corrected chi connectivity index (χ4v) is 1.63. The second kappa shape index (κ2) is 6.92. The molecule has 1 aromatic rings. The zero-order valence-electron chi connectivity index (χ0n) is 11.6. The van der Waals surface area contributed by atoms with Crippen LogP contribution in [0, 0.1) is 11.8 Å². The number of nitrogens with one attached hydrogen (secondary N) is 1. The molecular weight excluding hydrogens is 242 g/mol. The van der Waals surface area contributed by atoms with Crippen molar-refractivity contribution in [1.29, 1.82) is 0 Å². The molecule has 0 spiro atoms. The number of hydrogen-bond donors (Lipinski definition) is 2. The van der Waals surface area contributed by atoms with Gasteiger partial charge in [-0.2, -0.15) is 0 Å². The van der Waals surface area contributed by atoms with Crippen molar-refractivity contribution < 1.29 is 14.7 Å². The van der Waals surface area contributed by atoms with Crippen molar-refractivity contribution in [3.8, 4) is 0 Å². The van der Waals surface area contributed by atoms with Crippen LogP contribution in [0.3, 0.4) is 0 Å². The first kappa shape index (κ1) is 15.2.